The van der Waals surface area contributed by atoms with Crippen LogP contribution in [0.2, 0.25) is 0 Å². The number of piperidine rings is 1. The van der Waals surface area contributed by atoms with Crippen molar-refractivity contribution in [3.8, 4) is 0 Å². The summed E-state index contributed by atoms with van der Waals surface area (Å²) in [5, 5.41) is 2.66. The Labute approximate surface area is 144 Å². The number of aromatic nitrogens is 1. The van der Waals surface area contributed by atoms with Crippen molar-refractivity contribution in [3.63, 3.8) is 0 Å². The van der Waals surface area contributed by atoms with Gasteiger partial charge in [0, 0.05) is 42.0 Å². The minimum atomic E-state index is -4.62. The standard InChI is InChI=1S/C15H15BrF3N3O2/c16-9-1-2-10(20-7-9)13(15(17,18)19)22-4-3-14(6-12(22)24)5-11(23)21-8-14/h1-2,7,13H,3-6,8H2,(H,21,23). The van der Waals surface area contributed by atoms with Gasteiger partial charge in [-0.05, 0) is 34.5 Å². The van der Waals surface area contributed by atoms with Crippen LogP contribution >= 0.6 is 15.9 Å². The highest BCUT2D eigenvalue weighted by atomic mass is 79.9. The van der Waals surface area contributed by atoms with Crippen LogP contribution in [0.1, 0.15) is 31.0 Å². The van der Waals surface area contributed by atoms with Crippen LogP contribution in [0.25, 0.3) is 0 Å². The Balaban J connectivity index is 1.86. The lowest BCUT2D eigenvalue weighted by Crippen LogP contribution is -2.50. The van der Waals surface area contributed by atoms with E-state index in [1.807, 2.05) is 0 Å². The lowest BCUT2D eigenvalue weighted by Gasteiger charge is -2.41. The van der Waals surface area contributed by atoms with Crippen molar-refractivity contribution in [2.24, 2.45) is 5.41 Å². The fourth-order valence-electron chi connectivity index (χ4n) is 3.37. The van der Waals surface area contributed by atoms with Crippen LogP contribution < -0.4 is 5.32 Å². The van der Waals surface area contributed by atoms with Crippen molar-refractivity contribution >= 4 is 27.7 Å². The first-order valence-electron chi connectivity index (χ1n) is 7.45. The minimum absolute atomic E-state index is 0.0459. The van der Waals surface area contributed by atoms with Gasteiger partial charge in [-0.25, -0.2) is 0 Å². The highest BCUT2D eigenvalue weighted by Crippen LogP contribution is 2.44. The molecule has 1 aromatic rings. The molecule has 5 nitrogen and oxygen atoms in total. The number of carbonyl (C=O) groups is 2. The molecule has 1 N–H and O–H groups in total. The number of alkyl halides is 3. The zero-order valence-corrected chi connectivity index (χ0v) is 14.2. The molecule has 2 amide bonds. The molecule has 0 bridgehead atoms. The molecule has 2 fully saturated rings. The summed E-state index contributed by atoms with van der Waals surface area (Å²) < 4.78 is 41.3. The van der Waals surface area contributed by atoms with Crippen LogP contribution in [0.3, 0.4) is 0 Å². The van der Waals surface area contributed by atoms with Crippen molar-refractivity contribution in [1.29, 1.82) is 0 Å². The number of amides is 2. The smallest absolute Gasteiger partial charge is 0.355 e. The second-order valence-electron chi connectivity index (χ2n) is 6.31. The first kappa shape index (κ1) is 17.2. The molecule has 0 saturated carbocycles. The summed E-state index contributed by atoms with van der Waals surface area (Å²) in [5.41, 5.74) is -0.760. The first-order chi connectivity index (χ1) is 11.2. The number of likely N-dealkylation sites (tertiary alicyclic amines) is 1. The van der Waals surface area contributed by atoms with Crippen LogP contribution in [-0.2, 0) is 9.59 Å². The van der Waals surface area contributed by atoms with E-state index in [0.29, 0.717) is 17.4 Å². The zero-order chi connectivity index (χ0) is 17.5. The van der Waals surface area contributed by atoms with Crippen molar-refractivity contribution < 1.29 is 22.8 Å². The topological polar surface area (TPSA) is 62.3 Å². The van der Waals surface area contributed by atoms with Crippen LogP contribution in [0.4, 0.5) is 13.2 Å². The SMILES string of the molecule is O=C1CC2(CCN(C(c3ccc(Br)cn3)C(F)(F)F)C(=O)C2)CN1. The van der Waals surface area contributed by atoms with E-state index in [-0.39, 0.29) is 31.0 Å². The van der Waals surface area contributed by atoms with Crippen LogP contribution in [-0.4, -0.2) is 41.0 Å². The summed E-state index contributed by atoms with van der Waals surface area (Å²) in [4.78, 5) is 28.5. The van der Waals surface area contributed by atoms with Gasteiger partial charge >= 0.3 is 6.18 Å². The predicted octanol–water partition coefficient (Wildman–Crippen LogP) is 2.58. The van der Waals surface area contributed by atoms with E-state index in [2.05, 4.69) is 26.2 Å². The van der Waals surface area contributed by atoms with Gasteiger partial charge in [0.15, 0.2) is 6.04 Å². The van der Waals surface area contributed by atoms with E-state index in [9.17, 15) is 22.8 Å². The van der Waals surface area contributed by atoms with E-state index < -0.39 is 23.5 Å². The van der Waals surface area contributed by atoms with E-state index in [1.165, 1.54) is 18.3 Å². The molecule has 130 valence electrons. The number of pyridine rings is 1. The molecule has 3 rings (SSSR count). The third kappa shape index (κ3) is 3.26. The molecular formula is C15H15BrF3N3O2. The first-order valence-corrected chi connectivity index (χ1v) is 8.24. The summed E-state index contributed by atoms with van der Waals surface area (Å²) in [7, 11) is 0. The maximum Gasteiger partial charge on any atom is 0.414 e. The number of rotatable bonds is 2. The molecule has 2 unspecified atom stereocenters. The molecule has 2 aliphatic rings. The third-order valence-electron chi connectivity index (χ3n) is 4.58. The summed E-state index contributed by atoms with van der Waals surface area (Å²) in [5.74, 6) is -0.747. The molecular weight excluding hydrogens is 391 g/mol. The Hall–Kier alpha value is -1.64. The molecule has 3 heterocycles. The molecule has 0 aromatic carbocycles. The summed E-state index contributed by atoms with van der Waals surface area (Å²) in [6.07, 6.45) is -2.84. The van der Waals surface area contributed by atoms with Gasteiger partial charge in [-0.15, -0.1) is 0 Å². The van der Waals surface area contributed by atoms with Crippen molar-refractivity contribution in [2.45, 2.75) is 31.5 Å². The Morgan fingerprint density at radius 3 is 2.54 bits per heavy atom. The van der Waals surface area contributed by atoms with E-state index >= 15 is 0 Å². The third-order valence-corrected chi connectivity index (χ3v) is 5.05. The molecule has 2 saturated heterocycles. The number of nitrogens with one attached hydrogen (secondary N) is 1. The summed E-state index contributed by atoms with van der Waals surface area (Å²) in [6, 6.07) is 0.664. The van der Waals surface area contributed by atoms with E-state index in [1.54, 1.807) is 0 Å². The normalized spacial score (nSPS) is 25.9. The van der Waals surface area contributed by atoms with Crippen LogP contribution in [0.15, 0.2) is 22.8 Å². The minimum Gasteiger partial charge on any atom is -0.355 e. The Morgan fingerprint density at radius 2 is 2.04 bits per heavy atom. The Morgan fingerprint density at radius 1 is 1.29 bits per heavy atom. The fourth-order valence-corrected chi connectivity index (χ4v) is 3.61. The number of hydrogen-bond donors (Lipinski definition) is 1. The van der Waals surface area contributed by atoms with Gasteiger partial charge in [-0.3, -0.25) is 14.6 Å². The highest BCUT2D eigenvalue weighted by Gasteiger charge is 2.52. The average molecular weight is 406 g/mol. The van der Waals surface area contributed by atoms with Crippen molar-refractivity contribution in [3.05, 3.63) is 28.5 Å². The maximum absolute atomic E-state index is 13.6. The van der Waals surface area contributed by atoms with Gasteiger partial charge < -0.3 is 10.2 Å². The number of nitrogens with zero attached hydrogens (tertiary/aromatic N) is 2. The van der Waals surface area contributed by atoms with E-state index in [0.717, 1.165) is 4.90 Å². The quantitative estimate of drug-likeness (QED) is 0.822. The molecule has 0 radical (unpaired) electrons. The number of hydrogen-bond acceptors (Lipinski definition) is 3. The highest BCUT2D eigenvalue weighted by molar-refractivity contribution is 9.10. The summed E-state index contributed by atoms with van der Waals surface area (Å²) >= 11 is 3.14. The van der Waals surface area contributed by atoms with Gasteiger partial charge in [-0.2, -0.15) is 13.2 Å². The van der Waals surface area contributed by atoms with Gasteiger partial charge in [0.25, 0.3) is 0 Å². The largest absolute Gasteiger partial charge is 0.414 e. The number of carbonyl (C=O) groups excluding carboxylic acids is 2. The predicted molar refractivity (Wildman–Crippen MR) is 81.7 cm³/mol. The van der Waals surface area contributed by atoms with Crippen LogP contribution in [0, 0.1) is 5.41 Å². The second-order valence-corrected chi connectivity index (χ2v) is 7.23. The Bertz CT molecular complexity index is 665. The van der Waals surface area contributed by atoms with Gasteiger partial charge in [0.2, 0.25) is 11.8 Å². The lowest BCUT2D eigenvalue weighted by atomic mass is 9.77. The fraction of sp³-hybridized carbons (Fsp3) is 0.533. The zero-order valence-electron chi connectivity index (χ0n) is 12.6. The molecule has 2 atom stereocenters. The molecule has 24 heavy (non-hydrogen) atoms. The lowest BCUT2D eigenvalue weighted by molar-refractivity contribution is -0.198. The van der Waals surface area contributed by atoms with Crippen molar-refractivity contribution in [2.75, 3.05) is 13.1 Å². The van der Waals surface area contributed by atoms with Crippen molar-refractivity contribution in [1.82, 2.24) is 15.2 Å². The average Bonchev–Trinajstić information content (AvgIpc) is 2.83. The Kier molecular flexibility index (Phi) is 4.31. The second kappa shape index (κ2) is 6.02. The molecule has 1 aromatic heterocycles. The van der Waals surface area contributed by atoms with Crippen LogP contribution in [0.5, 0.6) is 0 Å². The van der Waals surface area contributed by atoms with Gasteiger partial charge in [0.05, 0.1) is 5.69 Å². The maximum atomic E-state index is 13.6. The van der Waals surface area contributed by atoms with E-state index in [4.69, 9.17) is 0 Å². The number of halogens is 4. The van der Waals surface area contributed by atoms with Gasteiger partial charge in [0.1, 0.15) is 0 Å². The van der Waals surface area contributed by atoms with Gasteiger partial charge in [-0.1, -0.05) is 0 Å². The molecule has 2 aliphatic heterocycles. The molecule has 0 aliphatic carbocycles. The molecule has 1 spiro atoms. The monoisotopic (exact) mass is 405 g/mol. The molecule has 9 heteroatoms. The summed E-state index contributed by atoms with van der Waals surface area (Å²) in [6.45, 7) is 0.300.